The smallest absolute Gasteiger partial charge is 0.199 e. The summed E-state index contributed by atoms with van der Waals surface area (Å²) >= 11 is 5.05. The van der Waals surface area contributed by atoms with Crippen molar-refractivity contribution >= 4 is 29.2 Å². The normalized spacial score (nSPS) is 15.7. The Morgan fingerprint density at radius 2 is 2.00 bits per heavy atom. The molecule has 2 nitrogen and oxygen atoms in total. The number of benzene rings is 1. The van der Waals surface area contributed by atoms with E-state index in [1.54, 1.807) is 0 Å². The van der Waals surface area contributed by atoms with Crippen LogP contribution in [0, 0.1) is 0 Å². The van der Waals surface area contributed by atoms with Crippen LogP contribution in [0.25, 0.3) is 0 Å². The number of hydrogen-bond acceptors (Lipinski definition) is 1. The molecule has 12 heavy (non-hydrogen) atoms. The van der Waals surface area contributed by atoms with Crippen LogP contribution in [0.3, 0.4) is 0 Å². The SMILES string of the molecule is S=C1N=CCN1c1ccccc1. The monoisotopic (exact) mass is 176 g/mol. The van der Waals surface area contributed by atoms with E-state index in [0.29, 0.717) is 5.11 Å². The Morgan fingerprint density at radius 1 is 1.25 bits per heavy atom. The van der Waals surface area contributed by atoms with Crippen molar-refractivity contribution in [2.75, 3.05) is 11.4 Å². The molecule has 2 rings (SSSR count). The predicted octanol–water partition coefficient (Wildman–Crippen LogP) is 1.86. The summed E-state index contributed by atoms with van der Waals surface area (Å²) in [5.74, 6) is 0. The third-order valence-electron chi connectivity index (χ3n) is 1.76. The highest BCUT2D eigenvalue weighted by Gasteiger charge is 2.13. The van der Waals surface area contributed by atoms with Gasteiger partial charge in [0.15, 0.2) is 5.11 Å². The molecule has 0 atom stereocenters. The Balaban J connectivity index is 2.27. The Kier molecular flexibility index (Phi) is 1.87. The van der Waals surface area contributed by atoms with Crippen molar-refractivity contribution in [3.63, 3.8) is 0 Å². The summed E-state index contributed by atoms with van der Waals surface area (Å²) in [6.45, 7) is 0.794. The van der Waals surface area contributed by atoms with Gasteiger partial charge in [-0.2, -0.15) is 0 Å². The molecule has 0 saturated carbocycles. The van der Waals surface area contributed by atoms with Crippen LogP contribution in [-0.4, -0.2) is 17.9 Å². The summed E-state index contributed by atoms with van der Waals surface area (Å²) in [6.07, 6.45) is 1.83. The minimum Gasteiger partial charge on any atom is -0.312 e. The van der Waals surface area contributed by atoms with E-state index in [1.807, 2.05) is 41.4 Å². The van der Waals surface area contributed by atoms with Gasteiger partial charge in [0.25, 0.3) is 0 Å². The van der Waals surface area contributed by atoms with E-state index in [1.165, 1.54) is 0 Å². The highest BCUT2D eigenvalue weighted by molar-refractivity contribution is 7.80. The summed E-state index contributed by atoms with van der Waals surface area (Å²) < 4.78 is 0. The molecule has 1 heterocycles. The quantitative estimate of drug-likeness (QED) is 0.607. The minimum absolute atomic E-state index is 0.654. The van der Waals surface area contributed by atoms with Gasteiger partial charge >= 0.3 is 0 Å². The van der Waals surface area contributed by atoms with E-state index in [4.69, 9.17) is 12.2 Å². The van der Waals surface area contributed by atoms with Gasteiger partial charge in [-0.25, -0.2) is 4.99 Å². The van der Waals surface area contributed by atoms with Crippen molar-refractivity contribution in [2.45, 2.75) is 0 Å². The van der Waals surface area contributed by atoms with Gasteiger partial charge < -0.3 is 4.90 Å². The lowest BCUT2D eigenvalue weighted by atomic mass is 10.3. The Morgan fingerprint density at radius 3 is 2.58 bits per heavy atom. The summed E-state index contributed by atoms with van der Waals surface area (Å²) in [5.41, 5.74) is 1.11. The summed E-state index contributed by atoms with van der Waals surface area (Å²) in [5, 5.41) is 0.654. The lowest BCUT2D eigenvalue weighted by molar-refractivity contribution is 1.24. The second-order valence-electron chi connectivity index (χ2n) is 2.54. The Bertz CT molecular complexity index is 319. The topological polar surface area (TPSA) is 15.6 Å². The largest absolute Gasteiger partial charge is 0.312 e. The first-order valence-corrected chi connectivity index (χ1v) is 4.18. The molecule has 0 spiro atoms. The zero-order chi connectivity index (χ0) is 8.39. The second-order valence-corrected chi connectivity index (χ2v) is 2.91. The van der Waals surface area contributed by atoms with Gasteiger partial charge in [-0.05, 0) is 24.4 Å². The predicted molar refractivity (Wildman–Crippen MR) is 54.9 cm³/mol. The number of hydrogen-bond donors (Lipinski definition) is 0. The Hall–Kier alpha value is -1.22. The molecule has 0 fully saturated rings. The maximum absolute atomic E-state index is 5.05. The van der Waals surface area contributed by atoms with Crippen molar-refractivity contribution in [1.82, 2.24) is 0 Å². The number of thiocarbonyl (C=S) groups is 1. The average molecular weight is 176 g/mol. The van der Waals surface area contributed by atoms with Gasteiger partial charge in [0.2, 0.25) is 0 Å². The van der Waals surface area contributed by atoms with Crippen LogP contribution in [0.15, 0.2) is 35.3 Å². The molecule has 0 saturated heterocycles. The standard InChI is InChI=1S/C9H8N2S/c12-9-10-6-7-11(9)8-4-2-1-3-5-8/h1-6H,7H2. The van der Waals surface area contributed by atoms with Gasteiger partial charge in [0.1, 0.15) is 0 Å². The van der Waals surface area contributed by atoms with Crippen LogP contribution in [0.4, 0.5) is 5.69 Å². The van der Waals surface area contributed by atoms with Crippen molar-refractivity contribution in [1.29, 1.82) is 0 Å². The van der Waals surface area contributed by atoms with E-state index in [-0.39, 0.29) is 0 Å². The van der Waals surface area contributed by atoms with E-state index < -0.39 is 0 Å². The van der Waals surface area contributed by atoms with Gasteiger partial charge in [-0.1, -0.05) is 18.2 Å². The van der Waals surface area contributed by atoms with E-state index in [2.05, 4.69) is 4.99 Å². The van der Waals surface area contributed by atoms with Crippen molar-refractivity contribution in [2.24, 2.45) is 4.99 Å². The molecule has 0 amide bonds. The molecule has 1 aliphatic rings. The van der Waals surface area contributed by atoms with Crippen LogP contribution in [-0.2, 0) is 0 Å². The third-order valence-corrected chi connectivity index (χ3v) is 2.09. The van der Waals surface area contributed by atoms with Crippen molar-refractivity contribution < 1.29 is 0 Å². The lowest BCUT2D eigenvalue weighted by Gasteiger charge is -2.15. The molecule has 0 unspecified atom stereocenters. The molecular formula is C9H8N2S. The number of nitrogens with zero attached hydrogens (tertiary/aromatic N) is 2. The number of anilines is 1. The van der Waals surface area contributed by atoms with Crippen LogP contribution in [0.5, 0.6) is 0 Å². The third kappa shape index (κ3) is 1.23. The van der Waals surface area contributed by atoms with E-state index in [9.17, 15) is 0 Å². The molecule has 60 valence electrons. The molecule has 1 aliphatic heterocycles. The van der Waals surface area contributed by atoms with Crippen LogP contribution in [0.2, 0.25) is 0 Å². The van der Waals surface area contributed by atoms with Gasteiger partial charge in [0, 0.05) is 11.9 Å². The summed E-state index contributed by atoms with van der Waals surface area (Å²) in [4.78, 5) is 6.02. The molecular weight excluding hydrogens is 168 g/mol. The zero-order valence-electron chi connectivity index (χ0n) is 6.47. The molecule has 3 heteroatoms. The van der Waals surface area contributed by atoms with Gasteiger partial charge in [0.05, 0.1) is 6.54 Å². The number of aliphatic imine (C=N–C) groups is 1. The average Bonchev–Trinajstić information content (AvgIpc) is 2.53. The van der Waals surface area contributed by atoms with Crippen molar-refractivity contribution in [3.8, 4) is 0 Å². The maximum Gasteiger partial charge on any atom is 0.199 e. The molecule has 0 radical (unpaired) electrons. The zero-order valence-corrected chi connectivity index (χ0v) is 7.29. The number of para-hydroxylation sites is 1. The minimum atomic E-state index is 0.654. The summed E-state index contributed by atoms with van der Waals surface area (Å²) in [7, 11) is 0. The van der Waals surface area contributed by atoms with Crippen molar-refractivity contribution in [3.05, 3.63) is 30.3 Å². The fourth-order valence-corrected chi connectivity index (χ4v) is 1.43. The first kappa shape index (κ1) is 7.43. The molecule has 1 aromatic rings. The summed E-state index contributed by atoms with van der Waals surface area (Å²) in [6, 6.07) is 10.0. The van der Waals surface area contributed by atoms with Crippen LogP contribution in [0.1, 0.15) is 0 Å². The highest BCUT2D eigenvalue weighted by atomic mass is 32.1. The van der Waals surface area contributed by atoms with Gasteiger partial charge in [-0.15, -0.1) is 0 Å². The van der Waals surface area contributed by atoms with Gasteiger partial charge in [-0.3, -0.25) is 0 Å². The maximum atomic E-state index is 5.05. The first-order chi connectivity index (χ1) is 5.88. The van der Waals surface area contributed by atoms with E-state index >= 15 is 0 Å². The fourth-order valence-electron chi connectivity index (χ4n) is 1.17. The lowest BCUT2D eigenvalue weighted by Crippen LogP contribution is -2.23. The molecule has 0 bridgehead atoms. The highest BCUT2D eigenvalue weighted by Crippen LogP contribution is 2.15. The molecule has 0 N–H and O–H groups in total. The van der Waals surface area contributed by atoms with E-state index in [0.717, 1.165) is 12.2 Å². The first-order valence-electron chi connectivity index (χ1n) is 3.77. The van der Waals surface area contributed by atoms with Crippen LogP contribution >= 0.6 is 12.2 Å². The fraction of sp³-hybridized carbons (Fsp3) is 0.111. The van der Waals surface area contributed by atoms with Crippen LogP contribution < -0.4 is 4.90 Å². The number of rotatable bonds is 1. The molecule has 1 aromatic carbocycles. The second kappa shape index (κ2) is 3.03. The molecule has 0 aliphatic carbocycles. The molecule has 0 aromatic heterocycles. The Labute approximate surface area is 76.5 Å².